The third-order valence-corrected chi connectivity index (χ3v) is 4.29. The van der Waals surface area contributed by atoms with Crippen LogP contribution in [0.3, 0.4) is 0 Å². The number of amides is 1. The molecule has 4 nitrogen and oxygen atoms in total. The molecule has 1 aliphatic heterocycles. The lowest BCUT2D eigenvalue weighted by molar-refractivity contribution is 0.0639. The second kappa shape index (κ2) is 8.41. The van der Waals surface area contributed by atoms with E-state index in [1.807, 2.05) is 23.1 Å². The highest BCUT2D eigenvalue weighted by Gasteiger charge is 2.21. The van der Waals surface area contributed by atoms with Gasteiger partial charge in [0.15, 0.2) is 0 Å². The molecule has 24 heavy (non-hydrogen) atoms. The van der Waals surface area contributed by atoms with Gasteiger partial charge in [-0.15, -0.1) is 0 Å². The van der Waals surface area contributed by atoms with Gasteiger partial charge in [-0.25, -0.2) is 0 Å². The molecule has 4 heteroatoms. The van der Waals surface area contributed by atoms with Gasteiger partial charge in [0, 0.05) is 45.1 Å². The van der Waals surface area contributed by atoms with Crippen molar-refractivity contribution in [2.45, 2.75) is 6.42 Å². The summed E-state index contributed by atoms with van der Waals surface area (Å²) in [7, 11) is 0. The minimum Gasteiger partial charge on any atom is -0.336 e. The maximum absolute atomic E-state index is 12.4. The van der Waals surface area contributed by atoms with Crippen molar-refractivity contribution in [3.05, 3.63) is 72.1 Å². The van der Waals surface area contributed by atoms with E-state index in [4.69, 9.17) is 0 Å². The Balaban J connectivity index is 1.41. The molecule has 1 aromatic heterocycles. The highest BCUT2D eigenvalue weighted by molar-refractivity contribution is 5.93. The van der Waals surface area contributed by atoms with Gasteiger partial charge in [-0.05, 0) is 24.1 Å². The molecule has 1 amide bonds. The van der Waals surface area contributed by atoms with E-state index in [0.717, 1.165) is 39.1 Å². The van der Waals surface area contributed by atoms with Gasteiger partial charge in [-0.1, -0.05) is 42.5 Å². The van der Waals surface area contributed by atoms with Crippen LogP contribution in [0.1, 0.15) is 22.3 Å². The maximum Gasteiger partial charge on any atom is 0.255 e. The van der Waals surface area contributed by atoms with Crippen molar-refractivity contribution in [3.8, 4) is 0 Å². The number of rotatable bonds is 5. The van der Waals surface area contributed by atoms with E-state index in [-0.39, 0.29) is 5.91 Å². The van der Waals surface area contributed by atoms with Crippen molar-refractivity contribution in [1.29, 1.82) is 0 Å². The Morgan fingerprint density at radius 3 is 2.54 bits per heavy atom. The monoisotopic (exact) mass is 321 g/mol. The van der Waals surface area contributed by atoms with E-state index in [2.05, 4.69) is 46.3 Å². The van der Waals surface area contributed by atoms with Crippen molar-refractivity contribution in [2.24, 2.45) is 0 Å². The average Bonchev–Trinajstić information content (AvgIpc) is 2.67. The van der Waals surface area contributed by atoms with Gasteiger partial charge in [0.25, 0.3) is 5.91 Å². The lowest BCUT2D eigenvalue weighted by Crippen LogP contribution is -2.48. The summed E-state index contributed by atoms with van der Waals surface area (Å²) in [5.74, 6) is 0.0896. The molecule has 1 aliphatic rings. The number of carbonyl (C=O) groups is 1. The number of hydrogen-bond donors (Lipinski definition) is 0. The second-order valence-corrected chi connectivity index (χ2v) is 5.98. The summed E-state index contributed by atoms with van der Waals surface area (Å²) >= 11 is 0. The predicted molar refractivity (Wildman–Crippen MR) is 96.7 cm³/mol. The van der Waals surface area contributed by atoms with Gasteiger partial charge in [0.05, 0.1) is 5.56 Å². The largest absolute Gasteiger partial charge is 0.336 e. The van der Waals surface area contributed by atoms with E-state index >= 15 is 0 Å². The topological polar surface area (TPSA) is 36.4 Å². The SMILES string of the molecule is O=C(c1cccnc1)N1CCN(CC/C=C/c2ccccc2)CC1. The van der Waals surface area contributed by atoms with Crippen LogP contribution in [0.15, 0.2) is 60.9 Å². The van der Waals surface area contributed by atoms with Crippen molar-refractivity contribution >= 4 is 12.0 Å². The van der Waals surface area contributed by atoms with Crippen LogP contribution >= 0.6 is 0 Å². The number of benzene rings is 1. The zero-order valence-electron chi connectivity index (χ0n) is 13.8. The third kappa shape index (κ3) is 4.52. The number of piperazine rings is 1. The summed E-state index contributed by atoms with van der Waals surface area (Å²) in [5, 5.41) is 0. The first kappa shape index (κ1) is 16.4. The minimum absolute atomic E-state index is 0.0896. The second-order valence-electron chi connectivity index (χ2n) is 5.98. The van der Waals surface area contributed by atoms with E-state index in [0.29, 0.717) is 5.56 Å². The van der Waals surface area contributed by atoms with Crippen LogP contribution < -0.4 is 0 Å². The fourth-order valence-corrected chi connectivity index (χ4v) is 2.89. The number of hydrogen-bond acceptors (Lipinski definition) is 3. The molecule has 1 saturated heterocycles. The first-order chi connectivity index (χ1) is 11.8. The molecule has 2 aromatic rings. The zero-order chi connectivity index (χ0) is 16.6. The molecule has 0 radical (unpaired) electrons. The summed E-state index contributed by atoms with van der Waals surface area (Å²) in [5.41, 5.74) is 1.92. The van der Waals surface area contributed by atoms with Crippen LogP contribution in [0.2, 0.25) is 0 Å². The number of nitrogens with zero attached hydrogens (tertiary/aromatic N) is 3. The molecule has 1 aromatic carbocycles. The fourth-order valence-electron chi connectivity index (χ4n) is 2.89. The van der Waals surface area contributed by atoms with Gasteiger partial charge in [0.1, 0.15) is 0 Å². The summed E-state index contributed by atoms with van der Waals surface area (Å²) < 4.78 is 0. The highest BCUT2D eigenvalue weighted by Crippen LogP contribution is 2.09. The van der Waals surface area contributed by atoms with E-state index < -0.39 is 0 Å². The van der Waals surface area contributed by atoms with Gasteiger partial charge in [-0.3, -0.25) is 14.7 Å². The molecule has 0 saturated carbocycles. The first-order valence-corrected chi connectivity index (χ1v) is 8.46. The van der Waals surface area contributed by atoms with Crippen LogP contribution in [0.5, 0.6) is 0 Å². The zero-order valence-corrected chi connectivity index (χ0v) is 13.8. The summed E-state index contributed by atoms with van der Waals surface area (Å²) in [6.07, 6.45) is 8.76. The van der Waals surface area contributed by atoms with Crippen LogP contribution in [-0.2, 0) is 0 Å². The Labute approximate surface area is 143 Å². The minimum atomic E-state index is 0.0896. The summed E-state index contributed by atoms with van der Waals surface area (Å²) in [6.45, 7) is 4.49. The third-order valence-electron chi connectivity index (χ3n) is 4.29. The summed E-state index contributed by atoms with van der Waals surface area (Å²) in [4.78, 5) is 20.7. The van der Waals surface area contributed by atoms with E-state index in [1.54, 1.807) is 12.4 Å². The molecule has 0 atom stereocenters. The fraction of sp³-hybridized carbons (Fsp3) is 0.300. The Hall–Kier alpha value is -2.46. The smallest absolute Gasteiger partial charge is 0.255 e. The first-order valence-electron chi connectivity index (χ1n) is 8.46. The maximum atomic E-state index is 12.4. The molecular weight excluding hydrogens is 298 g/mol. The van der Waals surface area contributed by atoms with Crippen LogP contribution in [0.25, 0.3) is 6.08 Å². The Bertz CT molecular complexity index is 662. The average molecular weight is 321 g/mol. The number of pyridine rings is 1. The van der Waals surface area contributed by atoms with Gasteiger partial charge >= 0.3 is 0 Å². The Morgan fingerprint density at radius 1 is 1.04 bits per heavy atom. The predicted octanol–water partition coefficient (Wildman–Crippen LogP) is 2.94. The summed E-state index contributed by atoms with van der Waals surface area (Å²) in [6, 6.07) is 14.0. The van der Waals surface area contributed by atoms with Crippen LogP contribution in [0.4, 0.5) is 0 Å². The van der Waals surface area contributed by atoms with Crippen molar-refractivity contribution in [1.82, 2.24) is 14.8 Å². The van der Waals surface area contributed by atoms with Crippen LogP contribution in [-0.4, -0.2) is 53.4 Å². The lowest BCUT2D eigenvalue weighted by atomic mass is 10.2. The standard InChI is InChI=1S/C20H23N3O/c24-20(19-10-6-11-21-17-19)23-15-13-22(14-16-23)12-5-4-9-18-7-2-1-3-8-18/h1-4,6-11,17H,5,12-16H2/b9-4+. The number of carbonyl (C=O) groups excluding carboxylic acids is 1. The number of aromatic nitrogens is 1. The molecule has 0 aliphatic carbocycles. The van der Waals surface area contributed by atoms with Crippen LogP contribution in [0, 0.1) is 0 Å². The molecule has 0 N–H and O–H groups in total. The molecule has 0 bridgehead atoms. The molecule has 1 fully saturated rings. The van der Waals surface area contributed by atoms with Crippen molar-refractivity contribution < 1.29 is 4.79 Å². The molecule has 124 valence electrons. The molecule has 0 spiro atoms. The van der Waals surface area contributed by atoms with E-state index in [1.165, 1.54) is 5.56 Å². The van der Waals surface area contributed by atoms with Gasteiger partial charge < -0.3 is 4.90 Å². The molecule has 2 heterocycles. The Morgan fingerprint density at radius 2 is 1.83 bits per heavy atom. The van der Waals surface area contributed by atoms with Gasteiger partial charge in [0.2, 0.25) is 0 Å². The highest BCUT2D eigenvalue weighted by atomic mass is 16.2. The lowest BCUT2D eigenvalue weighted by Gasteiger charge is -2.34. The quantitative estimate of drug-likeness (QED) is 0.849. The molecule has 3 rings (SSSR count). The normalized spacial score (nSPS) is 15.8. The van der Waals surface area contributed by atoms with Gasteiger partial charge in [-0.2, -0.15) is 0 Å². The van der Waals surface area contributed by atoms with Crippen molar-refractivity contribution in [2.75, 3.05) is 32.7 Å². The van der Waals surface area contributed by atoms with E-state index in [9.17, 15) is 4.79 Å². The molecule has 0 unspecified atom stereocenters. The Kier molecular flexibility index (Phi) is 5.75. The molecular formula is C20H23N3O. The van der Waals surface area contributed by atoms with Crippen molar-refractivity contribution in [3.63, 3.8) is 0 Å².